The van der Waals surface area contributed by atoms with E-state index < -0.39 is 25.1 Å². The number of likely N-dealkylation sites (tertiary alicyclic amines) is 1. The van der Waals surface area contributed by atoms with Gasteiger partial charge in [-0.1, -0.05) is 30.3 Å². The first-order chi connectivity index (χ1) is 19.7. The highest BCUT2D eigenvalue weighted by atomic mass is 32.2. The first-order valence-electron chi connectivity index (χ1n) is 14.3. The van der Waals surface area contributed by atoms with Crippen molar-refractivity contribution in [3.63, 3.8) is 0 Å². The highest BCUT2D eigenvalue weighted by molar-refractivity contribution is 7.99. The number of halogens is 3. The molecule has 12 heteroatoms. The van der Waals surface area contributed by atoms with E-state index in [1.165, 1.54) is 0 Å². The maximum Gasteiger partial charge on any atom is 0.511 e. The van der Waals surface area contributed by atoms with Crippen LogP contribution in [0.15, 0.2) is 59.5 Å². The van der Waals surface area contributed by atoms with E-state index >= 15 is 0 Å². The zero-order valence-electron chi connectivity index (χ0n) is 23.9. The maximum atomic E-state index is 13.0. The molecule has 7 nitrogen and oxygen atoms in total. The number of sulfonamides is 1. The van der Waals surface area contributed by atoms with Crippen molar-refractivity contribution in [1.29, 1.82) is 0 Å². The first-order valence-corrected chi connectivity index (χ1v) is 17.9. The number of piperidine rings is 2. The Morgan fingerprint density at radius 2 is 1.55 bits per heavy atom. The largest absolute Gasteiger partial charge is 0.511 e. The van der Waals surface area contributed by atoms with Gasteiger partial charge in [-0.2, -0.15) is 17.5 Å². The standard InChI is InChI=1S/C30H40F3N3O4S2/c1-41(2,38)27-10-8-26(9-11-27)34-29(37)22-23-12-17-35(18-13-23)19-16-28(24-6-4-3-5-7-24)25-14-20-36(21-15-25)42(39,40)30(31,32)33/h3-11,23,25,28H,1,12-22H2,2H3,(H,34,37). The molecule has 0 saturated carbocycles. The van der Waals surface area contributed by atoms with Gasteiger partial charge in [-0.15, -0.1) is 0 Å². The number of carbonyl (C=O) groups excluding carboxylic acids is 1. The number of nitrogens with one attached hydrogen (secondary N) is 1. The molecule has 42 heavy (non-hydrogen) atoms. The molecule has 0 radical (unpaired) electrons. The van der Waals surface area contributed by atoms with Gasteiger partial charge in [0.1, 0.15) is 0 Å². The number of rotatable bonds is 10. The molecule has 0 aromatic heterocycles. The zero-order valence-corrected chi connectivity index (χ0v) is 25.5. The fourth-order valence-electron chi connectivity index (χ4n) is 6.08. The SMILES string of the molecule is C=S(C)(=O)c1ccc(NC(=O)CC2CCN(CCC(c3ccccc3)C3CCN(S(=O)(=O)C(F)(F)F)CC3)CC2)cc1. The second-order valence-corrected chi connectivity index (χ2v) is 16.0. The van der Waals surface area contributed by atoms with Crippen LogP contribution < -0.4 is 5.32 Å². The Balaban J connectivity index is 1.26. The number of benzene rings is 2. The molecule has 232 valence electrons. The van der Waals surface area contributed by atoms with E-state index in [0.717, 1.165) is 44.5 Å². The normalized spacial score (nSPS) is 20.6. The molecule has 2 aromatic rings. The summed E-state index contributed by atoms with van der Waals surface area (Å²) < 4.78 is 75.5. The van der Waals surface area contributed by atoms with Gasteiger partial charge in [0, 0.05) is 36.3 Å². The van der Waals surface area contributed by atoms with Crippen LogP contribution in [0.1, 0.15) is 50.0 Å². The predicted octanol–water partition coefficient (Wildman–Crippen LogP) is 5.17. The van der Waals surface area contributed by atoms with Crippen molar-refractivity contribution < 1.29 is 30.6 Å². The molecule has 2 saturated heterocycles. The second-order valence-electron chi connectivity index (χ2n) is 11.6. The molecule has 2 unspecified atom stereocenters. The van der Waals surface area contributed by atoms with Crippen LogP contribution in [-0.2, 0) is 24.3 Å². The highest BCUT2D eigenvalue weighted by Crippen LogP contribution is 2.38. The Morgan fingerprint density at radius 1 is 0.952 bits per heavy atom. The van der Waals surface area contributed by atoms with E-state index in [1.54, 1.807) is 30.5 Å². The van der Waals surface area contributed by atoms with Crippen molar-refractivity contribution in [3.8, 4) is 0 Å². The minimum atomic E-state index is -5.30. The minimum Gasteiger partial charge on any atom is -0.326 e. The third-order valence-corrected chi connectivity index (χ3v) is 11.4. The van der Waals surface area contributed by atoms with Gasteiger partial charge in [0.15, 0.2) is 0 Å². The summed E-state index contributed by atoms with van der Waals surface area (Å²) in [5, 5.41) is 2.93. The maximum absolute atomic E-state index is 13.0. The lowest BCUT2D eigenvalue weighted by molar-refractivity contribution is -0.117. The van der Waals surface area contributed by atoms with Crippen LogP contribution in [-0.4, -0.2) is 78.1 Å². The van der Waals surface area contributed by atoms with Crippen LogP contribution in [0.5, 0.6) is 0 Å². The van der Waals surface area contributed by atoms with E-state index in [-0.39, 0.29) is 36.8 Å². The molecule has 1 amide bonds. The fraction of sp³-hybridized carbons (Fsp3) is 0.533. The number of hydrogen-bond donors (Lipinski definition) is 1. The van der Waals surface area contributed by atoms with Crippen molar-refractivity contribution in [2.75, 3.05) is 44.3 Å². The van der Waals surface area contributed by atoms with Crippen LogP contribution in [0.2, 0.25) is 0 Å². The molecule has 2 heterocycles. The van der Waals surface area contributed by atoms with E-state index in [1.807, 2.05) is 30.3 Å². The third-order valence-electron chi connectivity index (χ3n) is 8.50. The number of hydrogen-bond acceptors (Lipinski definition) is 5. The van der Waals surface area contributed by atoms with Crippen LogP contribution in [0.4, 0.5) is 18.9 Å². The van der Waals surface area contributed by atoms with Gasteiger partial charge in [0.25, 0.3) is 0 Å². The summed E-state index contributed by atoms with van der Waals surface area (Å²) in [4.78, 5) is 15.7. The number of alkyl halides is 3. The molecule has 4 rings (SSSR count). The van der Waals surface area contributed by atoms with Crippen LogP contribution in [0, 0.1) is 11.8 Å². The van der Waals surface area contributed by atoms with Crippen LogP contribution in [0.25, 0.3) is 0 Å². The van der Waals surface area contributed by atoms with E-state index in [0.29, 0.717) is 34.2 Å². The van der Waals surface area contributed by atoms with Crippen molar-refractivity contribution in [3.05, 3.63) is 60.2 Å². The molecule has 0 spiro atoms. The summed E-state index contributed by atoms with van der Waals surface area (Å²) in [6.45, 7) is 2.32. The number of amides is 1. The zero-order chi connectivity index (χ0) is 30.5. The molecular weight excluding hydrogens is 587 g/mol. The summed E-state index contributed by atoms with van der Waals surface area (Å²) in [7, 11) is -7.60. The number of carbonyl (C=O) groups is 1. The summed E-state index contributed by atoms with van der Waals surface area (Å²) in [5.74, 6) is 4.13. The lowest BCUT2D eigenvalue weighted by atomic mass is 9.78. The van der Waals surface area contributed by atoms with Gasteiger partial charge >= 0.3 is 15.5 Å². The molecule has 2 aromatic carbocycles. The van der Waals surface area contributed by atoms with Gasteiger partial charge in [0.2, 0.25) is 5.91 Å². The molecule has 2 aliphatic rings. The second kappa shape index (κ2) is 13.5. The summed E-state index contributed by atoms with van der Waals surface area (Å²) >= 11 is 0. The quantitative estimate of drug-likeness (QED) is 0.368. The molecule has 0 aliphatic carbocycles. The highest BCUT2D eigenvalue weighted by Gasteiger charge is 2.50. The molecule has 2 aliphatic heterocycles. The Labute approximate surface area is 247 Å². The smallest absolute Gasteiger partial charge is 0.326 e. The Hall–Kier alpha value is -2.41. The van der Waals surface area contributed by atoms with Crippen LogP contribution >= 0.6 is 0 Å². The lowest BCUT2D eigenvalue weighted by Crippen LogP contribution is -2.45. The van der Waals surface area contributed by atoms with Crippen molar-refractivity contribution >= 4 is 37.0 Å². The van der Waals surface area contributed by atoms with Gasteiger partial charge in [-0.3, -0.25) is 9.00 Å². The number of nitrogens with zero attached hydrogens (tertiary/aromatic N) is 2. The van der Waals surface area contributed by atoms with E-state index in [2.05, 4.69) is 16.1 Å². The first kappa shape index (κ1) is 32.5. The summed E-state index contributed by atoms with van der Waals surface area (Å²) in [6.07, 6.45) is 5.42. The average molecular weight is 628 g/mol. The van der Waals surface area contributed by atoms with Crippen LogP contribution in [0.3, 0.4) is 0 Å². The molecule has 2 atom stereocenters. The van der Waals surface area contributed by atoms with Gasteiger partial charge in [-0.25, -0.2) is 8.42 Å². The third kappa shape index (κ3) is 8.36. The summed E-state index contributed by atoms with van der Waals surface area (Å²) in [5.41, 5.74) is -3.48. The van der Waals surface area contributed by atoms with E-state index in [9.17, 15) is 30.6 Å². The fourth-order valence-corrected chi connectivity index (χ4v) is 7.77. The Kier molecular flexibility index (Phi) is 10.4. The topological polar surface area (TPSA) is 86.8 Å². The van der Waals surface area contributed by atoms with Crippen molar-refractivity contribution in [2.24, 2.45) is 11.8 Å². The Morgan fingerprint density at radius 3 is 2.10 bits per heavy atom. The van der Waals surface area contributed by atoms with Crippen molar-refractivity contribution in [1.82, 2.24) is 9.21 Å². The van der Waals surface area contributed by atoms with Gasteiger partial charge in [-0.05, 0) is 115 Å². The molecular formula is C30H40F3N3O4S2. The molecule has 1 N–H and O–H groups in total. The van der Waals surface area contributed by atoms with Crippen molar-refractivity contribution in [2.45, 2.75) is 54.8 Å². The molecule has 0 bridgehead atoms. The Bertz CT molecular complexity index is 1400. The monoisotopic (exact) mass is 627 g/mol. The number of anilines is 1. The van der Waals surface area contributed by atoms with E-state index in [4.69, 9.17) is 0 Å². The van der Waals surface area contributed by atoms with Gasteiger partial charge < -0.3 is 10.2 Å². The summed E-state index contributed by atoms with van der Waals surface area (Å²) in [6, 6.07) is 16.9. The molecule has 2 fully saturated rings. The lowest BCUT2D eigenvalue weighted by Gasteiger charge is -2.37. The average Bonchev–Trinajstić information content (AvgIpc) is 2.94. The predicted molar refractivity (Wildman–Crippen MR) is 161 cm³/mol. The minimum absolute atomic E-state index is 0.0453. The van der Waals surface area contributed by atoms with Gasteiger partial charge in [0.05, 0.1) is 0 Å².